The van der Waals surface area contributed by atoms with Crippen molar-refractivity contribution in [1.29, 1.82) is 0 Å². The van der Waals surface area contributed by atoms with E-state index in [1.54, 1.807) is 0 Å². The van der Waals surface area contributed by atoms with Crippen LogP contribution in [0.25, 0.3) is 0 Å². The molecule has 6 rings (SSSR count). The Morgan fingerprint density at radius 1 is 1.06 bits per heavy atom. The van der Waals surface area contributed by atoms with Crippen molar-refractivity contribution in [3.05, 3.63) is 53.6 Å². The molecule has 31 heavy (non-hydrogen) atoms. The molecule has 6 nitrogen and oxygen atoms in total. The molecule has 5 aliphatic rings. The number of hydrogen-bond donors (Lipinski definition) is 1. The van der Waals surface area contributed by atoms with E-state index in [-0.39, 0.29) is 0 Å². The van der Waals surface area contributed by atoms with E-state index in [2.05, 4.69) is 57.4 Å². The van der Waals surface area contributed by atoms with E-state index in [1.165, 1.54) is 49.2 Å². The van der Waals surface area contributed by atoms with Crippen LogP contribution in [0.15, 0.2) is 47.4 Å². The van der Waals surface area contributed by atoms with Crippen LogP contribution in [0.5, 0.6) is 0 Å². The number of rotatable bonds is 4. The first-order valence-electron chi connectivity index (χ1n) is 12.1. The molecule has 4 aliphatic heterocycles. The second-order valence-electron chi connectivity index (χ2n) is 9.85. The molecule has 1 aromatic rings. The fraction of sp³-hybridized carbons (Fsp3) is 0.600. The van der Waals surface area contributed by atoms with Crippen molar-refractivity contribution in [2.24, 2.45) is 4.99 Å². The number of pyridine rings is 1. The lowest BCUT2D eigenvalue weighted by molar-refractivity contribution is 0.158. The molecule has 0 aromatic carbocycles. The monoisotopic (exact) mass is 418 g/mol. The Kier molecular flexibility index (Phi) is 5.07. The van der Waals surface area contributed by atoms with Crippen LogP contribution < -0.4 is 5.32 Å². The number of nitrogens with zero attached hydrogens (tertiary/aromatic N) is 5. The molecule has 1 aliphatic carbocycles. The van der Waals surface area contributed by atoms with Crippen LogP contribution in [-0.2, 0) is 0 Å². The summed E-state index contributed by atoms with van der Waals surface area (Å²) in [5, 5.41) is 3.98. The van der Waals surface area contributed by atoms with Crippen LogP contribution >= 0.6 is 0 Å². The maximum Gasteiger partial charge on any atom is 0.129 e. The maximum atomic E-state index is 5.19. The predicted octanol–water partition coefficient (Wildman–Crippen LogP) is 2.88. The molecule has 5 heterocycles. The van der Waals surface area contributed by atoms with Gasteiger partial charge in [-0.25, -0.2) is 0 Å². The minimum Gasteiger partial charge on any atom is -0.355 e. The standard InChI is InChI=1S/C25H34N6/c1-29-13-15-30(16-14-29)24-9-3-8-23-28-22(17-31(23)24)20-6-2-7-21(27-20)25-19(18-10-11-18)5-4-12-26-25/h3-5,8-9,12,18,20-22,27H,2,6-7,10-11,13-17H2,1H3/t20-,21+,22?/m1/s1. The van der Waals surface area contributed by atoms with Crippen molar-refractivity contribution in [2.45, 2.75) is 56.1 Å². The van der Waals surface area contributed by atoms with Crippen LogP contribution in [0.1, 0.15) is 55.3 Å². The zero-order valence-electron chi connectivity index (χ0n) is 18.6. The second-order valence-corrected chi connectivity index (χ2v) is 9.85. The molecule has 1 unspecified atom stereocenters. The van der Waals surface area contributed by atoms with Crippen molar-refractivity contribution < 1.29 is 0 Å². The van der Waals surface area contributed by atoms with Gasteiger partial charge in [0, 0.05) is 45.0 Å². The molecule has 3 atom stereocenters. The highest BCUT2D eigenvalue weighted by atomic mass is 15.4. The number of likely N-dealkylation sites (N-methyl/N-ethyl adjacent to an activating group) is 1. The Hall–Kier alpha value is -2.18. The summed E-state index contributed by atoms with van der Waals surface area (Å²) in [6, 6.07) is 5.52. The van der Waals surface area contributed by atoms with E-state index < -0.39 is 0 Å². The van der Waals surface area contributed by atoms with Crippen LogP contribution in [0.3, 0.4) is 0 Å². The molecule has 164 valence electrons. The second kappa shape index (κ2) is 8.06. The highest BCUT2D eigenvalue weighted by Crippen LogP contribution is 2.43. The zero-order chi connectivity index (χ0) is 20.8. The van der Waals surface area contributed by atoms with Crippen LogP contribution in [0.4, 0.5) is 0 Å². The predicted molar refractivity (Wildman–Crippen MR) is 124 cm³/mol. The summed E-state index contributed by atoms with van der Waals surface area (Å²) < 4.78 is 0. The molecule has 0 amide bonds. The Balaban J connectivity index is 1.17. The van der Waals surface area contributed by atoms with Gasteiger partial charge in [0.1, 0.15) is 11.7 Å². The number of piperidine rings is 1. The van der Waals surface area contributed by atoms with Gasteiger partial charge in [0.2, 0.25) is 0 Å². The molecule has 3 fully saturated rings. The fourth-order valence-electron chi connectivity index (χ4n) is 5.69. The van der Waals surface area contributed by atoms with Gasteiger partial charge in [0.05, 0.1) is 17.8 Å². The number of allylic oxidation sites excluding steroid dienone is 2. The van der Waals surface area contributed by atoms with E-state index in [4.69, 9.17) is 9.98 Å². The van der Waals surface area contributed by atoms with E-state index in [1.807, 2.05) is 6.20 Å². The van der Waals surface area contributed by atoms with Gasteiger partial charge < -0.3 is 20.0 Å². The molecule has 1 aromatic heterocycles. The Morgan fingerprint density at radius 3 is 2.77 bits per heavy atom. The first-order valence-corrected chi connectivity index (χ1v) is 12.1. The highest BCUT2D eigenvalue weighted by molar-refractivity contribution is 5.97. The van der Waals surface area contributed by atoms with E-state index in [9.17, 15) is 0 Å². The minimum absolute atomic E-state index is 0.310. The Bertz CT molecular complexity index is 908. The van der Waals surface area contributed by atoms with E-state index >= 15 is 0 Å². The molecule has 6 heteroatoms. The third kappa shape index (κ3) is 3.80. The molecule has 0 radical (unpaired) electrons. The van der Waals surface area contributed by atoms with Gasteiger partial charge >= 0.3 is 0 Å². The smallest absolute Gasteiger partial charge is 0.129 e. The maximum absolute atomic E-state index is 5.19. The van der Waals surface area contributed by atoms with Crippen molar-refractivity contribution in [3.63, 3.8) is 0 Å². The summed E-state index contributed by atoms with van der Waals surface area (Å²) in [4.78, 5) is 17.4. The number of nitrogens with one attached hydrogen (secondary N) is 1. The zero-order valence-corrected chi connectivity index (χ0v) is 18.6. The van der Waals surface area contributed by atoms with Crippen LogP contribution in [-0.4, -0.2) is 77.4 Å². The molecule has 1 saturated carbocycles. The van der Waals surface area contributed by atoms with Gasteiger partial charge in [-0.15, -0.1) is 0 Å². The van der Waals surface area contributed by atoms with Crippen LogP contribution in [0, 0.1) is 0 Å². The summed E-state index contributed by atoms with van der Waals surface area (Å²) in [6.07, 6.45) is 14.9. The third-order valence-corrected chi connectivity index (χ3v) is 7.64. The van der Waals surface area contributed by atoms with Crippen molar-refractivity contribution >= 4 is 5.84 Å². The number of aromatic nitrogens is 1. The lowest BCUT2D eigenvalue weighted by Crippen LogP contribution is -2.50. The van der Waals surface area contributed by atoms with Crippen molar-refractivity contribution in [1.82, 2.24) is 25.0 Å². The third-order valence-electron chi connectivity index (χ3n) is 7.64. The largest absolute Gasteiger partial charge is 0.355 e. The molecule has 2 saturated heterocycles. The number of fused-ring (bicyclic) bond motifs is 1. The molecule has 1 N–H and O–H groups in total. The number of aliphatic imine (C=N–C) groups is 1. The van der Waals surface area contributed by atoms with Crippen molar-refractivity contribution in [3.8, 4) is 0 Å². The normalized spacial score (nSPS) is 31.5. The summed E-state index contributed by atoms with van der Waals surface area (Å²) in [5.41, 5.74) is 2.79. The average molecular weight is 419 g/mol. The molecule has 0 spiro atoms. The number of hydrogen-bond acceptors (Lipinski definition) is 6. The first-order chi connectivity index (χ1) is 15.3. The summed E-state index contributed by atoms with van der Waals surface area (Å²) >= 11 is 0. The summed E-state index contributed by atoms with van der Waals surface area (Å²) in [6.45, 7) is 5.43. The van der Waals surface area contributed by atoms with Gasteiger partial charge in [-0.1, -0.05) is 12.1 Å². The quantitative estimate of drug-likeness (QED) is 0.815. The Morgan fingerprint density at radius 2 is 1.94 bits per heavy atom. The van der Waals surface area contributed by atoms with Gasteiger partial charge in [0.25, 0.3) is 0 Å². The first kappa shape index (κ1) is 19.5. The topological polar surface area (TPSA) is 47.0 Å². The van der Waals surface area contributed by atoms with Gasteiger partial charge in [-0.3, -0.25) is 9.98 Å². The van der Waals surface area contributed by atoms with E-state index in [0.29, 0.717) is 18.1 Å². The van der Waals surface area contributed by atoms with Gasteiger partial charge in [-0.05, 0) is 68.9 Å². The lowest BCUT2D eigenvalue weighted by Gasteiger charge is -2.40. The lowest BCUT2D eigenvalue weighted by atomic mass is 9.90. The van der Waals surface area contributed by atoms with Crippen LogP contribution in [0.2, 0.25) is 0 Å². The average Bonchev–Trinajstić information content (AvgIpc) is 3.57. The van der Waals surface area contributed by atoms with Gasteiger partial charge in [-0.2, -0.15) is 0 Å². The van der Waals surface area contributed by atoms with E-state index in [0.717, 1.165) is 44.5 Å². The summed E-state index contributed by atoms with van der Waals surface area (Å²) in [5.74, 6) is 3.22. The molecular formula is C25H34N6. The minimum atomic E-state index is 0.310. The Labute approximate surface area is 185 Å². The SMILES string of the molecule is CN1CCN(C2=CC=CC3=NC([C@H]4CCC[C@@H](c5ncccc5C5CC5)N4)CN23)CC1. The highest BCUT2D eigenvalue weighted by Gasteiger charge is 2.38. The molecule has 0 bridgehead atoms. The van der Waals surface area contributed by atoms with Crippen molar-refractivity contribution in [2.75, 3.05) is 39.8 Å². The number of piperazine rings is 1. The fourth-order valence-corrected chi connectivity index (χ4v) is 5.69. The molecular weight excluding hydrogens is 384 g/mol. The van der Waals surface area contributed by atoms with Gasteiger partial charge in [0.15, 0.2) is 0 Å². The number of amidine groups is 1. The summed E-state index contributed by atoms with van der Waals surface area (Å²) in [7, 11) is 2.21.